The minimum absolute atomic E-state index is 0.0438. The van der Waals surface area contributed by atoms with Gasteiger partial charge in [0.2, 0.25) is 0 Å². The molecule has 0 radical (unpaired) electrons. The summed E-state index contributed by atoms with van der Waals surface area (Å²) in [4.78, 5) is 0. The summed E-state index contributed by atoms with van der Waals surface area (Å²) in [6, 6.07) is 4.47. The fourth-order valence-corrected chi connectivity index (χ4v) is 1.98. The number of benzene rings is 1. The fraction of sp³-hybridized carbons (Fsp3) is 0.500. The maximum absolute atomic E-state index is 13.5. The number of phenols is 1. The number of phenolic OH excluding ortho intramolecular Hbond substituents is 1. The molecule has 0 spiro atoms. The summed E-state index contributed by atoms with van der Waals surface area (Å²) in [6.45, 7) is 3.36. The van der Waals surface area contributed by atoms with Gasteiger partial charge in [0.15, 0.2) is 0 Å². The van der Waals surface area contributed by atoms with Crippen molar-refractivity contribution in [2.45, 2.75) is 25.4 Å². The SMILES string of the molecule is CC(NC1CCOC1)c1ccc(O)cc1F. The first kappa shape index (κ1) is 11.4. The lowest BCUT2D eigenvalue weighted by Gasteiger charge is -2.19. The number of rotatable bonds is 3. The topological polar surface area (TPSA) is 41.5 Å². The van der Waals surface area contributed by atoms with Gasteiger partial charge in [-0.2, -0.15) is 0 Å². The van der Waals surface area contributed by atoms with Gasteiger partial charge in [-0.25, -0.2) is 4.39 Å². The van der Waals surface area contributed by atoms with Crippen LogP contribution >= 0.6 is 0 Å². The minimum atomic E-state index is -0.376. The van der Waals surface area contributed by atoms with E-state index >= 15 is 0 Å². The molecule has 0 bridgehead atoms. The van der Waals surface area contributed by atoms with E-state index in [1.165, 1.54) is 6.07 Å². The second-order valence-electron chi connectivity index (χ2n) is 4.15. The number of ether oxygens (including phenoxy) is 1. The van der Waals surface area contributed by atoms with Crippen LogP contribution in [0.5, 0.6) is 5.75 Å². The van der Waals surface area contributed by atoms with Crippen LogP contribution in [0.25, 0.3) is 0 Å². The van der Waals surface area contributed by atoms with E-state index in [-0.39, 0.29) is 17.6 Å². The molecule has 1 aliphatic heterocycles. The Hall–Kier alpha value is -1.13. The van der Waals surface area contributed by atoms with Crippen LogP contribution in [0.3, 0.4) is 0 Å². The molecule has 2 unspecified atom stereocenters. The summed E-state index contributed by atoms with van der Waals surface area (Å²) >= 11 is 0. The van der Waals surface area contributed by atoms with Crippen molar-refractivity contribution in [3.63, 3.8) is 0 Å². The van der Waals surface area contributed by atoms with Gasteiger partial charge >= 0.3 is 0 Å². The second kappa shape index (κ2) is 4.80. The van der Waals surface area contributed by atoms with E-state index < -0.39 is 0 Å². The maximum atomic E-state index is 13.5. The van der Waals surface area contributed by atoms with Gasteiger partial charge in [-0.1, -0.05) is 6.07 Å². The van der Waals surface area contributed by atoms with Gasteiger partial charge in [0.05, 0.1) is 6.61 Å². The molecule has 1 heterocycles. The van der Waals surface area contributed by atoms with Crippen molar-refractivity contribution in [1.82, 2.24) is 5.32 Å². The molecule has 1 fully saturated rings. The summed E-state index contributed by atoms with van der Waals surface area (Å²) in [5, 5.41) is 12.4. The van der Waals surface area contributed by atoms with Gasteiger partial charge in [-0.05, 0) is 19.4 Å². The normalized spacial score (nSPS) is 22.2. The van der Waals surface area contributed by atoms with Gasteiger partial charge < -0.3 is 15.2 Å². The Kier molecular flexibility index (Phi) is 3.41. The third-order valence-corrected chi connectivity index (χ3v) is 2.87. The van der Waals surface area contributed by atoms with Crippen LogP contribution in [0.4, 0.5) is 4.39 Å². The lowest BCUT2D eigenvalue weighted by atomic mass is 10.1. The average Bonchev–Trinajstić information content (AvgIpc) is 2.70. The first-order valence-corrected chi connectivity index (χ1v) is 5.49. The first-order chi connectivity index (χ1) is 7.66. The number of aromatic hydroxyl groups is 1. The molecule has 1 aromatic rings. The standard InChI is InChI=1S/C12H16FNO2/c1-8(14-9-4-5-16-7-9)11-3-2-10(15)6-12(11)13/h2-3,6,8-9,14-15H,4-5,7H2,1H3. The average molecular weight is 225 g/mol. The molecule has 4 heteroatoms. The number of nitrogens with one attached hydrogen (secondary N) is 1. The third-order valence-electron chi connectivity index (χ3n) is 2.87. The summed E-state index contributed by atoms with van der Waals surface area (Å²) < 4.78 is 18.8. The molecule has 2 N–H and O–H groups in total. The third kappa shape index (κ3) is 2.51. The minimum Gasteiger partial charge on any atom is -0.508 e. The zero-order chi connectivity index (χ0) is 11.5. The molecule has 1 aromatic carbocycles. The first-order valence-electron chi connectivity index (χ1n) is 5.49. The molecule has 1 saturated heterocycles. The summed E-state index contributed by atoms with van der Waals surface area (Å²) in [5.74, 6) is -0.420. The number of hydrogen-bond acceptors (Lipinski definition) is 3. The van der Waals surface area contributed by atoms with Crippen LogP contribution in [-0.2, 0) is 4.74 Å². The van der Waals surface area contributed by atoms with Crippen LogP contribution in [0, 0.1) is 5.82 Å². The highest BCUT2D eigenvalue weighted by Gasteiger charge is 2.19. The highest BCUT2D eigenvalue weighted by Crippen LogP contribution is 2.22. The zero-order valence-electron chi connectivity index (χ0n) is 9.24. The molecule has 2 rings (SSSR count). The lowest BCUT2D eigenvalue weighted by Crippen LogP contribution is -2.32. The van der Waals surface area contributed by atoms with E-state index in [0.717, 1.165) is 19.1 Å². The van der Waals surface area contributed by atoms with Crippen molar-refractivity contribution in [1.29, 1.82) is 0 Å². The highest BCUT2D eigenvalue weighted by molar-refractivity contribution is 5.29. The molecule has 16 heavy (non-hydrogen) atoms. The molecule has 0 aromatic heterocycles. The van der Waals surface area contributed by atoms with Gasteiger partial charge in [-0.3, -0.25) is 0 Å². The van der Waals surface area contributed by atoms with Crippen molar-refractivity contribution in [3.05, 3.63) is 29.6 Å². The predicted octanol–water partition coefficient (Wildman–Crippen LogP) is 1.97. The quantitative estimate of drug-likeness (QED) is 0.826. The van der Waals surface area contributed by atoms with Crippen LogP contribution in [0.15, 0.2) is 18.2 Å². The molecular weight excluding hydrogens is 209 g/mol. The van der Waals surface area contributed by atoms with E-state index in [1.807, 2.05) is 6.92 Å². The Labute approximate surface area is 94.2 Å². The van der Waals surface area contributed by atoms with E-state index in [0.29, 0.717) is 18.2 Å². The Morgan fingerprint density at radius 3 is 3.00 bits per heavy atom. The fourth-order valence-electron chi connectivity index (χ4n) is 1.98. The van der Waals surface area contributed by atoms with Crippen LogP contribution in [0.2, 0.25) is 0 Å². The molecule has 3 nitrogen and oxygen atoms in total. The Morgan fingerprint density at radius 1 is 1.56 bits per heavy atom. The summed E-state index contributed by atoms with van der Waals surface area (Å²) in [6.07, 6.45) is 0.962. The second-order valence-corrected chi connectivity index (χ2v) is 4.15. The smallest absolute Gasteiger partial charge is 0.131 e. The molecule has 1 aliphatic rings. The maximum Gasteiger partial charge on any atom is 0.131 e. The van der Waals surface area contributed by atoms with Gasteiger partial charge in [0.25, 0.3) is 0 Å². The van der Waals surface area contributed by atoms with Gasteiger partial charge in [-0.15, -0.1) is 0 Å². The van der Waals surface area contributed by atoms with Crippen molar-refractivity contribution in [3.8, 4) is 5.75 Å². The molecular formula is C12H16FNO2. The number of halogens is 1. The number of hydrogen-bond donors (Lipinski definition) is 2. The van der Waals surface area contributed by atoms with Crippen LogP contribution in [-0.4, -0.2) is 24.4 Å². The van der Waals surface area contributed by atoms with Gasteiger partial charge in [0, 0.05) is 30.3 Å². The summed E-state index contributed by atoms with van der Waals surface area (Å²) in [5.41, 5.74) is 0.574. The molecule has 2 atom stereocenters. The molecule has 88 valence electrons. The molecule has 0 amide bonds. The van der Waals surface area contributed by atoms with E-state index in [2.05, 4.69) is 5.32 Å². The summed E-state index contributed by atoms with van der Waals surface area (Å²) in [7, 11) is 0. The zero-order valence-corrected chi connectivity index (χ0v) is 9.24. The van der Waals surface area contributed by atoms with E-state index in [4.69, 9.17) is 9.84 Å². The lowest BCUT2D eigenvalue weighted by molar-refractivity contribution is 0.188. The molecule has 0 saturated carbocycles. The van der Waals surface area contributed by atoms with Crippen molar-refractivity contribution >= 4 is 0 Å². The largest absolute Gasteiger partial charge is 0.508 e. The van der Waals surface area contributed by atoms with Crippen LogP contribution in [0.1, 0.15) is 24.9 Å². The Balaban J connectivity index is 2.04. The van der Waals surface area contributed by atoms with Crippen molar-refractivity contribution in [2.24, 2.45) is 0 Å². The Morgan fingerprint density at radius 2 is 2.38 bits per heavy atom. The monoisotopic (exact) mass is 225 g/mol. The van der Waals surface area contributed by atoms with Crippen LogP contribution < -0.4 is 5.32 Å². The van der Waals surface area contributed by atoms with Crippen molar-refractivity contribution in [2.75, 3.05) is 13.2 Å². The molecule has 0 aliphatic carbocycles. The van der Waals surface area contributed by atoms with E-state index in [1.54, 1.807) is 6.07 Å². The predicted molar refractivity (Wildman–Crippen MR) is 58.8 cm³/mol. The Bertz CT molecular complexity index is 364. The highest BCUT2D eigenvalue weighted by atomic mass is 19.1. The van der Waals surface area contributed by atoms with E-state index in [9.17, 15) is 4.39 Å². The van der Waals surface area contributed by atoms with Crippen molar-refractivity contribution < 1.29 is 14.2 Å². The van der Waals surface area contributed by atoms with Gasteiger partial charge in [0.1, 0.15) is 11.6 Å².